The zero-order chi connectivity index (χ0) is 22.7. The number of hydrogen-bond donors (Lipinski definition) is 1. The van der Waals surface area contributed by atoms with Crippen LogP contribution in [0.25, 0.3) is 22.3 Å². The van der Waals surface area contributed by atoms with E-state index in [1.54, 1.807) is 12.4 Å². The van der Waals surface area contributed by atoms with E-state index in [1.165, 1.54) is 0 Å². The summed E-state index contributed by atoms with van der Waals surface area (Å²) in [5.41, 5.74) is 3.18. The molecule has 8 nitrogen and oxygen atoms in total. The third kappa shape index (κ3) is 5.06. The zero-order valence-electron chi connectivity index (χ0n) is 19.3. The highest BCUT2D eigenvalue weighted by Crippen LogP contribution is 2.34. The standard InChI is InChI=1S/C23H33N5O3S/c1-17-15-30-10-9-27(17)21-13-18(14-29)19-5-7-24-23(22(19)26-21)20-6-8-25-28(20)16-31-11-12-32(2,3)4/h5-8,13,17,29H,9-12,14-16H2,1-4H3/t17-/m1/s1. The van der Waals surface area contributed by atoms with Crippen molar-refractivity contribution in [1.82, 2.24) is 19.7 Å². The number of fused-ring (bicyclic) bond motifs is 1. The Labute approximate surface area is 190 Å². The van der Waals surface area contributed by atoms with Gasteiger partial charge in [0.2, 0.25) is 0 Å². The third-order valence-corrected chi connectivity index (χ3v) is 7.04. The summed E-state index contributed by atoms with van der Waals surface area (Å²) in [6.45, 7) is 5.22. The molecule has 4 rings (SSSR count). The minimum atomic E-state index is -0.598. The molecule has 1 atom stereocenters. The van der Waals surface area contributed by atoms with Gasteiger partial charge < -0.3 is 19.5 Å². The highest BCUT2D eigenvalue weighted by molar-refractivity contribution is 8.32. The van der Waals surface area contributed by atoms with Crippen molar-refractivity contribution in [1.29, 1.82) is 0 Å². The van der Waals surface area contributed by atoms with E-state index in [0.717, 1.165) is 46.0 Å². The highest BCUT2D eigenvalue weighted by atomic mass is 32.3. The summed E-state index contributed by atoms with van der Waals surface area (Å²) in [6, 6.07) is 6.03. The van der Waals surface area contributed by atoms with Gasteiger partial charge in [0.15, 0.2) is 0 Å². The molecule has 174 valence electrons. The Morgan fingerprint density at radius 2 is 2.09 bits per heavy atom. The topological polar surface area (TPSA) is 85.5 Å². The molecule has 1 aliphatic heterocycles. The lowest BCUT2D eigenvalue weighted by Gasteiger charge is -2.34. The molecule has 9 heteroatoms. The van der Waals surface area contributed by atoms with E-state index < -0.39 is 10.0 Å². The normalized spacial score (nSPS) is 17.8. The van der Waals surface area contributed by atoms with E-state index in [0.29, 0.717) is 26.6 Å². The molecule has 0 aliphatic carbocycles. The minimum absolute atomic E-state index is 0.0638. The number of ether oxygens (including phenoxy) is 2. The van der Waals surface area contributed by atoms with Crippen LogP contribution in [0.3, 0.4) is 0 Å². The van der Waals surface area contributed by atoms with Gasteiger partial charge in [0.25, 0.3) is 0 Å². The first-order chi connectivity index (χ1) is 15.4. The fourth-order valence-corrected chi connectivity index (χ4v) is 4.45. The molecule has 3 aromatic heterocycles. The summed E-state index contributed by atoms with van der Waals surface area (Å²) in [4.78, 5) is 11.9. The molecular weight excluding hydrogens is 426 g/mol. The van der Waals surface area contributed by atoms with Crippen LogP contribution in [0.5, 0.6) is 0 Å². The largest absolute Gasteiger partial charge is 0.392 e. The van der Waals surface area contributed by atoms with Crippen LogP contribution in [-0.2, 0) is 22.8 Å². The Hall–Kier alpha value is -2.20. The van der Waals surface area contributed by atoms with Crippen LogP contribution in [0.1, 0.15) is 12.5 Å². The molecule has 0 bridgehead atoms. The lowest BCUT2D eigenvalue weighted by atomic mass is 10.1. The molecule has 3 aromatic rings. The number of aromatic nitrogens is 4. The maximum absolute atomic E-state index is 10.1. The van der Waals surface area contributed by atoms with E-state index in [9.17, 15) is 5.11 Å². The summed E-state index contributed by atoms with van der Waals surface area (Å²) in [7, 11) is -0.598. The Bertz CT molecular complexity index is 1070. The van der Waals surface area contributed by atoms with Gasteiger partial charge in [-0.25, -0.2) is 19.7 Å². The van der Waals surface area contributed by atoms with Gasteiger partial charge in [0.1, 0.15) is 23.8 Å². The van der Waals surface area contributed by atoms with E-state index in [1.807, 2.05) is 22.9 Å². The van der Waals surface area contributed by atoms with Crippen molar-refractivity contribution in [3.8, 4) is 11.4 Å². The van der Waals surface area contributed by atoms with E-state index in [2.05, 4.69) is 40.7 Å². The lowest BCUT2D eigenvalue weighted by Crippen LogP contribution is -2.44. The summed E-state index contributed by atoms with van der Waals surface area (Å²) in [5.74, 6) is 1.89. The smallest absolute Gasteiger partial charge is 0.140 e. The second kappa shape index (κ2) is 9.74. The van der Waals surface area contributed by atoms with Crippen molar-refractivity contribution < 1.29 is 14.6 Å². The Kier molecular flexibility index (Phi) is 6.99. The van der Waals surface area contributed by atoms with Crippen LogP contribution in [0.15, 0.2) is 30.6 Å². The van der Waals surface area contributed by atoms with Gasteiger partial charge >= 0.3 is 0 Å². The first-order valence-electron chi connectivity index (χ1n) is 10.9. The van der Waals surface area contributed by atoms with Crippen LogP contribution < -0.4 is 4.90 Å². The van der Waals surface area contributed by atoms with Crippen molar-refractivity contribution in [2.45, 2.75) is 26.3 Å². The third-order valence-electron chi connectivity index (χ3n) is 5.64. The van der Waals surface area contributed by atoms with Crippen molar-refractivity contribution in [3.63, 3.8) is 0 Å². The van der Waals surface area contributed by atoms with Crippen LogP contribution in [0.2, 0.25) is 0 Å². The van der Waals surface area contributed by atoms with Gasteiger partial charge in [-0.2, -0.15) is 5.10 Å². The second-order valence-electron chi connectivity index (χ2n) is 9.02. The van der Waals surface area contributed by atoms with Gasteiger partial charge in [-0.1, -0.05) is 0 Å². The number of aliphatic hydroxyl groups excluding tert-OH is 1. The molecule has 0 aromatic carbocycles. The number of anilines is 1. The molecule has 0 unspecified atom stereocenters. The molecule has 1 fully saturated rings. The lowest BCUT2D eigenvalue weighted by molar-refractivity contribution is 0.0821. The maximum Gasteiger partial charge on any atom is 0.140 e. The number of morpholine rings is 1. The first kappa shape index (κ1) is 23.0. The number of aliphatic hydroxyl groups is 1. The van der Waals surface area contributed by atoms with Gasteiger partial charge in [-0.3, -0.25) is 4.98 Å². The predicted molar refractivity (Wildman–Crippen MR) is 130 cm³/mol. The van der Waals surface area contributed by atoms with Crippen molar-refractivity contribution in [2.24, 2.45) is 0 Å². The number of hydrogen-bond acceptors (Lipinski definition) is 7. The summed E-state index contributed by atoms with van der Waals surface area (Å²) in [5, 5.41) is 15.4. The average molecular weight is 460 g/mol. The van der Waals surface area contributed by atoms with E-state index in [4.69, 9.17) is 14.5 Å². The molecule has 0 spiro atoms. The van der Waals surface area contributed by atoms with E-state index in [-0.39, 0.29) is 12.6 Å². The molecule has 1 N–H and O–H groups in total. The zero-order valence-corrected chi connectivity index (χ0v) is 20.1. The van der Waals surface area contributed by atoms with Crippen molar-refractivity contribution in [2.75, 3.05) is 55.8 Å². The van der Waals surface area contributed by atoms with Gasteiger partial charge in [-0.15, -0.1) is 0 Å². The molecule has 0 saturated carbocycles. The molecule has 1 saturated heterocycles. The fourth-order valence-electron chi connectivity index (χ4n) is 3.84. The summed E-state index contributed by atoms with van der Waals surface area (Å²) in [6.07, 6.45) is 10.4. The van der Waals surface area contributed by atoms with Crippen LogP contribution in [0, 0.1) is 0 Å². The predicted octanol–water partition coefficient (Wildman–Crippen LogP) is 2.88. The fraction of sp³-hybridized carbons (Fsp3) is 0.522. The van der Waals surface area contributed by atoms with Gasteiger partial charge in [0, 0.05) is 30.1 Å². The van der Waals surface area contributed by atoms with Crippen LogP contribution in [-0.4, -0.2) is 81.8 Å². The van der Waals surface area contributed by atoms with Crippen LogP contribution >= 0.6 is 10.0 Å². The van der Waals surface area contributed by atoms with Crippen molar-refractivity contribution in [3.05, 3.63) is 36.2 Å². The monoisotopic (exact) mass is 459 g/mol. The second-order valence-corrected chi connectivity index (χ2v) is 13.6. The van der Waals surface area contributed by atoms with Crippen LogP contribution in [0.4, 0.5) is 5.82 Å². The van der Waals surface area contributed by atoms with Gasteiger partial charge in [-0.05, 0) is 49.5 Å². The Balaban J connectivity index is 1.69. The number of rotatable bonds is 8. The number of pyridine rings is 2. The molecule has 32 heavy (non-hydrogen) atoms. The molecule has 0 radical (unpaired) electrons. The summed E-state index contributed by atoms with van der Waals surface area (Å²) >= 11 is 0. The van der Waals surface area contributed by atoms with E-state index >= 15 is 0 Å². The summed E-state index contributed by atoms with van der Waals surface area (Å²) < 4.78 is 13.3. The SMILES string of the molecule is C[C@@H]1COCCN1c1cc(CO)c2ccnc(-c3ccnn3COCCS(C)(C)C)c2n1. The van der Waals surface area contributed by atoms with Crippen molar-refractivity contribution >= 4 is 26.7 Å². The Morgan fingerprint density at radius 3 is 2.84 bits per heavy atom. The first-order valence-corrected chi connectivity index (χ1v) is 13.9. The minimum Gasteiger partial charge on any atom is -0.392 e. The molecule has 1 aliphatic rings. The molecule has 0 amide bonds. The Morgan fingerprint density at radius 1 is 1.25 bits per heavy atom. The maximum atomic E-state index is 10.1. The number of nitrogens with zero attached hydrogens (tertiary/aromatic N) is 5. The molecule has 4 heterocycles. The quantitative estimate of drug-likeness (QED) is 0.519. The average Bonchev–Trinajstić information content (AvgIpc) is 3.23. The highest BCUT2D eigenvalue weighted by Gasteiger charge is 2.23. The van der Waals surface area contributed by atoms with Gasteiger partial charge in [0.05, 0.1) is 38.2 Å². The molecular formula is C23H33N5O3S.